The summed E-state index contributed by atoms with van der Waals surface area (Å²) in [6.45, 7) is 2.73. The van der Waals surface area contributed by atoms with Crippen molar-refractivity contribution in [2.24, 2.45) is 0 Å². The lowest BCUT2D eigenvalue weighted by molar-refractivity contribution is -0.137. The molecule has 0 aliphatic rings. The molecule has 0 saturated heterocycles. The van der Waals surface area contributed by atoms with E-state index in [1.165, 1.54) is 57.4 Å². The van der Waals surface area contributed by atoms with Gasteiger partial charge < -0.3 is 14.2 Å². The third kappa shape index (κ3) is 11.3. The van der Waals surface area contributed by atoms with E-state index in [2.05, 4.69) is 6.92 Å². The van der Waals surface area contributed by atoms with E-state index >= 15 is 0 Å². The van der Waals surface area contributed by atoms with Crippen LogP contribution in [0.3, 0.4) is 0 Å². The number of allylic oxidation sites excluding steroid dienone is 2. The van der Waals surface area contributed by atoms with Crippen molar-refractivity contribution in [2.75, 3.05) is 20.8 Å². The van der Waals surface area contributed by atoms with Gasteiger partial charge in [0.15, 0.2) is 0 Å². The van der Waals surface area contributed by atoms with Gasteiger partial charge in [-0.25, -0.2) is 4.79 Å². The quantitative estimate of drug-likeness (QED) is 0.0995. The fraction of sp³-hybridized carbons (Fsp3) is 0.452. The molecule has 0 aliphatic heterocycles. The van der Waals surface area contributed by atoms with Crippen molar-refractivity contribution >= 4 is 11.5 Å². The second kappa shape index (κ2) is 17.4. The fourth-order valence-corrected chi connectivity index (χ4v) is 3.93. The number of unbranched alkanes of at least 4 members (excludes halogenated alkanes) is 9. The molecule has 2 rings (SSSR count). The van der Waals surface area contributed by atoms with Gasteiger partial charge in [0.05, 0.1) is 20.8 Å². The van der Waals surface area contributed by atoms with E-state index in [4.69, 9.17) is 14.2 Å². The second-order valence-electron chi connectivity index (χ2n) is 8.75. The molecular formula is C31H42O4. The van der Waals surface area contributed by atoms with Crippen LogP contribution in [0.15, 0.2) is 66.8 Å². The van der Waals surface area contributed by atoms with Crippen molar-refractivity contribution in [3.8, 4) is 11.5 Å². The molecule has 4 heteroatoms. The van der Waals surface area contributed by atoms with Crippen LogP contribution in [0.2, 0.25) is 0 Å². The van der Waals surface area contributed by atoms with Gasteiger partial charge in [-0.1, -0.05) is 101 Å². The van der Waals surface area contributed by atoms with Crippen LogP contribution in [0.25, 0.3) is 5.57 Å². The molecule has 0 fully saturated rings. The van der Waals surface area contributed by atoms with Crippen LogP contribution in [0.5, 0.6) is 11.5 Å². The van der Waals surface area contributed by atoms with E-state index in [0.29, 0.717) is 6.61 Å². The van der Waals surface area contributed by atoms with Gasteiger partial charge in [0.25, 0.3) is 0 Å². The van der Waals surface area contributed by atoms with Gasteiger partial charge in [-0.15, -0.1) is 0 Å². The molecule has 0 bridgehead atoms. The number of carbonyl (C=O) groups excluding carboxylic acids is 1. The normalized spacial score (nSPS) is 10.8. The lowest BCUT2D eigenvalue weighted by Gasteiger charge is -2.10. The van der Waals surface area contributed by atoms with E-state index in [-0.39, 0.29) is 5.97 Å². The molecule has 0 aliphatic carbocycles. The van der Waals surface area contributed by atoms with Crippen molar-refractivity contribution in [3.05, 3.63) is 77.9 Å². The Morgan fingerprint density at radius 1 is 0.686 bits per heavy atom. The number of hydrogen-bond donors (Lipinski definition) is 0. The fourth-order valence-electron chi connectivity index (χ4n) is 3.93. The first-order valence-corrected chi connectivity index (χ1v) is 13.0. The summed E-state index contributed by atoms with van der Waals surface area (Å²) in [6.07, 6.45) is 17.8. The second-order valence-corrected chi connectivity index (χ2v) is 8.75. The minimum absolute atomic E-state index is 0.305. The molecule has 4 nitrogen and oxygen atoms in total. The summed E-state index contributed by atoms with van der Waals surface area (Å²) in [4.78, 5) is 12.2. The Morgan fingerprint density at radius 2 is 1.14 bits per heavy atom. The molecule has 190 valence electrons. The summed E-state index contributed by atoms with van der Waals surface area (Å²) in [7, 11) is 3.30. The van der Waals surface area contributed by atoms with E-state index in [1.54, 1.807) is 20.3 Å². The molecule has 0 saturated carbocycles. The third-order valence-corrected chi connectivity index (χ3v) is 6.04. The lowest BCUT2D eigenvalue weighted by atomic mass is 9.97. The van der Waals surface area contributed by atoms with Crippen LogP contribution in [-0.4, -0.2) is 26.8 Å². The summed E-state index contributed by atoms with van der Waals surface area (Å²) >= 11 is 0. The first-order valence-electron chi connectivity index (χ1n) is 13.0. The summed E-state index contributed by atoms with van der Waals surface area (Å²) in [5, 5.41) is 0. The largest absolute Gasteiger partial charge is 0.497 e. The van der Waals surface area contributed by atoms with E-state index in [1.807, 2.05) is 54.6 Å². The van der Waals surface area contributed by atoms with E-state index in [0.717, 1.165) is 41.0 Å². The molecule has 0 spiro atoms. The van der Waals surface area contributed by atoms with Crippen LogP contribution >= 0.6 is 0 Å². The van der Waals surface area contributed by atoms with Crippen LogP contribution in [0, 0.1) is 0 Å². The minimum atomic E-state index is -0.305. The molecule has 2 aromatic rings. The molecule has 0 heterocycles. The minimum Gasteiger partial charge on any atom is -0.497 e. The standard InChI is InChI=1S/C31H42O4/c1-4-5-6-7-8-9-10-11-12-13-25-35-31(32)16-14-15-30(26-17-21-28(33-2)22-18-26)27-19-23-29(34-3)24-20-27/h14-24H,4-13,25H2,1-3H3. The Kier molecular flexibility index (Phi) is 14.1. The molecule has 0 aromatic heterocycles. The zero-order valence-electron chi connectivity index (χ0n) is 21.8. The van der Waals surface area contributed by atoms with Crippen molar-refractivity contribution in [1.82, 2.24) is 0 Å². The Balaban J connectivity index is 1.82. The van der Waals surface area contributed by atoms with Crippen molar-refractivity contribution in [2.45, 2.75) is 71.1 Å². The first kappa shape index (κ1) is 28.2. The number of benzene rings is 2. The highest BCUT2D eigenvalue weighted by Crippen LogP contribution is 2.27. The van der Waals surface area contributed by atoms with Gasteiger partial charge in [0.1, 0.15) is 11.5 Å². The van der Waals surface area contributed by atoms with E-state index in [9.17, 15) is 4.79 Å². The highest BCUT2D eigenvalue weighted by molar-refractivity contribution is 5.85. The number of carbonyl (C=O) groups is 1. The molecule has 0 N–H and O–H groups in total. The summed E-state index contributed by atoms with van der Waals surface area (Å²) in [5.41, 5.74) is 3.05. The SMILES string of the molecule is CCCCCCCCCCCCOC(=O)C=CC=C(c1ccc(OC)cc1)c1ccc(OC)cc1. The lowest BCUT2D eigenvalue weighted by Crippen LogP contribution is -2.02. The first-order chi connectivity index (χ1) is 17.2. The highest BCUT2D eigenvalue weighted by atomic mass is 16.5. The van der Waals surface area contributed by atoms with Gasteiger partial charge >= 0.3 is 5.97 Å². The number of rotatable bonds is 17. The average Bonchev–Trinajstić information content (AvgIpc) is 2.90. The van der Waals surface area contributed by atoms with Gasteiger partial charge in [0.2, 0.25) is 0 Å². The Hall–Kier alpha value is -3.01. The summed E-state index contributed by atoms with van der Waals surface area (Å²) < 4.78 is 15.9. The molecule has 0 amide bonds. The Morgan fingerprint density at radius 3 is 1.60 bits per heavy atom. The van der Waals surface area contributed by atoms with Crippen LogP contribution in [-0.2, 0) is 9.53 Å². The van der Waals surface area contributed by atoms with Crippen molar-refractivity contribution < 1.29 is 19.0 Å². The topological polar surface area (TPSA) is 44.8 Å². The van der Waals surface area contributed by atoms with Crippen molar-refractivity contribution in [1.29, 1.82) is 0 Å². The Labute approximate surface area is 212 Å². The van der Waals surface area contributed by atoms with Crippen LogP contribution in [0.4, 0.5) is 0 Å². The van der Waals surface area contributed by atoms with Gasteiger partial charge in [-0.2, -0.15) is 0 Å². The number of ether oxygens (including phenoxy) is 3. The van der Waals surface area contributed by atoms with Crippen LogP contribution < -0.4 is 9.47 Å². The maximum Gasteiger partial charge on any atom is 0.330 e. The van der Waals surface area contributed by atoms with Crippen molar-refractivity contribution in [3.63, 3.8) is 0 Å². The summed E-state index contributed by atoms with van der Waals surface area (Å²) in [6, 6.07) is 15.7. The maximum atomic E-state index is 12.2. The third-order valence-electron chi connectivity index (χ3n) is 6.04. The van der Waals surface area contributed by atoms with Gasteiger partial charge in [-0.05, 0) is 47.4 Å². The molecule has 0 unspecified atom stereocenters. The van der Waals surface area contributed by atoms with Gasteiger partial charge in [0, 0.05) is 6.08 Å². The molecule has 2 aromatic carbocycles. The van der Waals surface area contributed by atoms with Crippen LogP contribution in [0.1, 0.15) is 82.3 Å². The average molecular weight is 479 g/mol. The monoisotopic (exact) mass is 478 g/mol. The number of hydrogen-bond acceptors (Lipinski definition) is 4. The molecular weight excluding hydrogens is 436 g/mol. The van der Waals surface area contributed by atoms with Gasteiger partial charge in [-0.3, -0.25) is 0 Å². The predicted molar refractivity (Wildman–Crippen MR) is 145 cm³/mol. The van der Waals surface area contributed by atoms with E-state index < -0.39 is 0 Å². The maximum absolute atomic E-state index is 12.2. The summed E-state index contributed by atoms with van der Waals surface area (Å²) in [5.74, 6) is 1.30. The number of esters is 1. The Bertz CT molecular complexity index is 845. The zero-order valence-corrected chi connectivity index (χ0v) is 21.8. The number of methoxy groups -OCH3 is 2. The highest BCUT2D eigenvalue weighted by Gasteiger charge is 2.06. The smallest absolute Gasteiger partial charge is 0.330 e. The molecule has 0 atom stereocenters. The predicted octanol–water partition coefficient (Wildman–Crippen LogP) is 8.16. The molecule has 0 radical (unpaired) electrons. The molecule has 35 heavy (non-hydrogen) atoms. The zero-order chi connectivity index (χ0) is 25.1.